The molecule has 1 aliphatic rings. The predicted octanol–water partition coefficient (Wildman–Crippen LogP) is 4.10. The minimum absolute atomic E-state index is 0.0653. The lowest BCUT2D eigenvalue weighted by Gasteiger charge is -2.21. The molecular formula is C20H24ClN3O5S2. The number of nitrogens with zero attached hydrogens (tertiary/aromatic N) is 2. The van der Waals surface area contributed by atoms with Gasteiger partial charge in [0.1, 0.15) is 9.77 Å². The highest BCUT2D eigenvalue weighted by atomic mass is 35.5. The van der Waals surface area contributed by atoms with Gasteiger partial charge in [0.15, 0.2) is 5.13 Å². The number of thiazole rings is 1. The van der Waals surface area contributed by atoms with E-state index in [0.717, 1.165) is 37.0 Å². The maximum atomic E-state index is 13.1. The molecule has 1 N–H and O–H groups in total. The number of halogens is 1. The first-order chi connectivity index (χ1) is 14.7. The number of carbonyl (C=O) groups is 2. The van der Waals surface area contributed by atoms with Crippen LogP contribution < -0.4 is 5.32 Å². The van der Waals surface area contributed by atoms with Crippen molar-refractivity contribution in [2.75, 3.05) is 25.0 Å². The number of nitrogens with one attached hydrogen (secondary N) is 1. The third-order valence-electron chi connectivity index (χ3n) is 4.85. The van der Waals surface area contributed by atoms with Crippen LogP contribution >= 0.6 is 22.9 Å². The summed E-state index contributed by atoms with van der Waals surface area (Å²) in [5, 5.41) is 2.90. The number of aryl methyl sites for hydroxylation is 1. The van der Waals surface area contributed by atoms with Gasteiger partial charge in [-0.05, 0) is 44.9 Å². The van der Waals surface area contributed by atoms with Gasteiger partial charge in [0.05, 0.1) is 17.3 Å². The highest BCUT2D eigenvalue weighted by Crippen LogP contribution is 2.29. The Hall–Kier alpha value is -2.01. The van der Waals surface area contributed by atoms with Crippen molar-refractivity contribution in [3.05, 3.63) is 39.4 Å². The van der Waals surface area contributed by atoms with Gasteiger partial charge in [-0.3, -0.25) is 10.1 Å². The molecule has 1 amide bonds. The lowest BCUT2D eigenvalue weighted by molar-refractivity contribution is 0.0531. The van der Waals surface area contributed by atoms with E-state index in [2.05, 4.69) is 10.3 Å². The lowest BCUT2D eigenvalue weighted by atomic mass is 10.2. The van der Waals surface area contributed by atoms with E-state index < -0.39 is 21.9 Å². The number of amides is 1. The summed E-state index contributed by atoms with van der Waals surface area (Å²) in [6, 6.07) is 4.13. The molecule has 0 bridgehead atoms. The zero-order valence-electron chi connectivity index (χ0n) is 17.3. The molecule has 1 aromatic heterocycles. The van der Waals surface area contributed by atoms with E-state index in [-0.39, 0.29) is 27.2 Å². The lowest BCUT2D eigenvalue weighted by Crippen LogP contribution is -2.32. The van der Waals surface area contributed by atoms with Gasteiger partial charge in [0.2, 0.25) is 10.0 Å². The van der Waals surface area contributed by atoms with E-state index in [1.165, 1.54) is 22.5 Å². The largest absolute Gasteiger partial charge is 0.462 e. The first kappa shape index (κ1) is 23.6. The number of carbonyl (C=O) groups excluding carboxylic acids is 2. The average molecular weight is 486 g/mol. The van der Waals surface area contributed by atoms with E-state index in [0.29, 0.717) is 23.7 Å². The van der Waals surface area contributed by atoms with Crippen LogP contribution in [0.4, 0.5) is 5.13 Å². The molecule has 3 rings (SSSR count). The molecule has 11 heteroatoms. The SMILES string of the molecule is CCOC(=O)c1sc(NC(=O)c2ccc(Cl)c(S(=O)(=O)N3CCCCCC3)c2)nc1C. The normalized spacial score (nSPS) is 15.3. The average Bonchev–Trinajstić information content (AvgIpc) is 2.92. The van der Waals surface area contributed by atoms with Gasteiger partial charge >= 0.3 is 5.97 Å². The van der Waals surface area contributed by atoms with Gasteiger partial charge in [-0.1, -0.05) is 35.8 Å². The second-order valence-corrected chi connectivity index (χ2v) is 10.4. The maximum Gasteiger partial charge on any atom is 0.350 e. The molecule has 0 unspecified atom stereocenters. The Balaban J connectivity index is 1.83. The molecule has 2 aromatic rings. The predicted molar refractivity (Wildman–Crippen MR) is 119 cm³/mol. The van der Waals surface area contributed by atoms with Crippen molar-refractivity contribution < 1.29 is 22.7 Å². The smallest absolute Gasteiger partial charge is 0.350 e. The molecule has 2 heterocycles. The Morgan fingerprint density at radius 1 is 1.23 bits per heavy atom. The highest BCUT2D eigenvalue weighted by Gasteiger charge is 2.28. The Bertz CT molecular complexity index is 1080. The van der Waals surface area contributed by atoms with Crippen molar-refractivity contribution in [2.24, 2.45) is 0 Å². The molecule has 168 valence electrons. The molecule has 1 aromatic carbocycles. The molecule has 1 aliphatic heterocycles. The third-order valence-corrected chi connectivity index (χ3v) is 8.29. The molecular weight excluding hydrogens is 462 g/mol. The van der Waals surface area contributed by atoms with E-state index in [1.54, 1.807) is 13.8 Å². The van der Waals surface area contributed by atoms with E-state index >= 15 is 0 Å². The third kappa shape index (κ3) is 5.43. The van der Waals surface area contributed by atoms with Crippen LogP contribution in [0.5, 0.6) is 0 Å². The van der Waals surface area contributed by atoms with Gasteiger partial charge in [-0.25, -0.2) is 18.2 Å². The number of sulfonamides is 1. The molecule has 0 spiro atoms. The number of rotatable bonds is 6. The number of aromatic nitrogens is 1. The van der Waals surface area contributed by atoms with Crippen molar-refractivity contribution >= 4 is 50.0 Å². The quantitative estimate of drug-likeness (QED) is 0.617. The second-order valence-electron chi connectivity index (χ2n) is 7.07. The fourth-order valence-corrected chi connectivity index (χ4v) is 6.14. The number of hydrogen-bond acceptors (Lipinski definition) is 7. The van der Waals surface area contributed by atoms with Crippen LogP contribution in [0.25, 0.3) is 0 Å². The highest BCUT2D eigenvalue weighted by molar-refractivity contribution is 7.89. The summed E-state index contributed by atoms with van der Waals surface area (Å²) >= 11 is 7.19. The molecule has 31 heavy (non-hydrogen) atoms. The summed E-state index contributed by atoms with van der Waals surface area (Å²) in [6.45, 7) is 4.45. The van der Waals surface area contributed by atoms with Crippen LogP contribution in [0, 0.1) is 6.92 Å². The van der Waals surface area contributed by atoms with E-state index in [1.807, 2.05) is 0 Å². The topological polar surface area (TPSA) is 106 Å². The standard InChI is InChI=1S/C20H24ClN3O5S2/c1-3-29-19(26)17-13(2)22-20(30-17)23-18(25)14-8-9-15(21)16(12-14)31(27,28)24-10-6-4-5-7-11-24/h8-9,12H,3-7,10-11H2,1-2H3,(H,22,23,25). The van der Waals surface area contributed by atoms with Crippen molar-refractivity contribution in [2.45, 2.75) is 44.4 Å². The Labute approximate surface area is 190 Å². The fourth-order valence-electron chi connectivity index (χ4n) is 3.27. The molecule has 0 aliphatic carbocycles. The molecule has 0 saturated carbocycles. The molecule has 1 saturated heterocycles. The van der Waals surface area contributed by atoms with Crippen LogP contribution in [0.2, 0.25) is 5.02 Å². The minimum atomic E-state index is -3.82. The molecule has 8 nitrogen and oxygen atoms in total. The van der Waals surface area contributed by atoms with Crippen LogP contribution in [0.15, 0.2) is 23.1 Å². The van der Waals surface area contributed by atoms with Gasteiger partial charge in [-0.15, -0.1) is 0 Å². The van der Waals surface area contributed by atoms with Gasteiger partial charge < -0.3 is 4.74 Å². The number of benzene rings is 1. The summed E-state index contributed by atoms with van der Waals surface area (Å²) in [5.41, 5.74) is 0.572. The monoisotopic (exact) mass is 485 g/mol. The summed E-state index contributed by atoms with van der Waals surface area (Å²) in [4.78, 5) is 29.1. The number of esters is 1. The van der Waals surface area contributed by atoms with Gasteiger partial charge in [0.25, 0.3) is 5.91 Å². The first-order valence-corrected chi connectivity index (χ1v) is 12.6. The van der Waals surface area contributed by atoms with Crippen molar-refractivity contribution in [1.29, 1.82) is 0 Å². The first-order valence-electron chi connectivity index (χ1n) is 9.99. The second kappa shape index (κ2) is 10.1. The summed E-state index contributed by atoms with van der Waals surface area (Å²) in [6.07, 6.45) is 3.57. The number of anilines is 1. The van der Waals surface area contributed by atoms with Gasteiger partial charge in [-0.2, -0.15) is 4.31 Å². The maximum absolute atomic E-state index is 13.1. The minimum Gasteiger partial charge on any atom is -0.462 e. The van der Waals surface area contributed by atoms with Crippen molar-refractivity contribution in [3.63, 3.8) is 0 Å². The summed E-state index contributed by atoms with van der Waals surface area (Å²) < 4.78 is 32.7. The van der Waals surface area contributed by atoms with Crippen LogP contribution in [0.3, 0.4) is 0 Å². The Kier molecular flexibility index (Phi) is 7.68. The van der Waals surface area contributed by atoms with E-state index in [4.69, 9.17) is 16.3 Å². The van der Waals surface area contributed by atoms with Crippen molar-refractivity contribution in [1.82, 2.24) is 9.29 Å². The van der Waals surface area contributed by atoms with Crippen LogP contribution in [0.1, 0.15) is 58.3 Å². The summed E-state index contributed by atoms with van der Waals surface area (Å²) in [5.74, 6) is -1.05. The Morgan fingerprint density at radius 3 is 2.55 bits per heavy atom. The fraction of sp³-hybridized carbons (Fsp3) is 0.450. The zero-order chi connectivity index (χ0) is 22.6. The van der Waals surface area contributed by atoms with E-state index in [9.17, 15) is 18.0 Å². The molecule has 0 radical (unpaired) electrons. The van der Waals surface area contributed by atoms with Crippen LogP contribution in [-0.2, 0) is 14.8 Å². The van der Waals surface area contributed by atoms with Crippen LogP contribution in [-0.4, -0.2) is 49.3 Å². The molecule has 1 fully saturated rings. The van der Waals surface area contributed by atoms with Gasteiger partial charge in [0, 0.05) is 18.7 Å². The van der Waals surface area contributed by atoms with Crippen molar-refractivity contribution in [3.8, 4) is 0 Å². The Morgan fingerprint density at radius 2 is 1.90 bits per heavy atom. The number of hydrogen-bond donors (Lipinski definition) is 1. The zero-order valence-corrected chi connectivity index (χ0v) is 19.7. The molecule has 0 atom stereocenters. The summed E-state index contributed by atoms with van der Waals surface area (Å²) in [7, 11) is -3.82. The number of ether oxygens (including phenoxy) is 1.